The molecule has 0 saturated heterocycles. The fourth-order valence-electron chi connectivity index (χ4n) is 0.892. The van der Waals surface area contributed by atoms with Gasteiger partial charge in [-0.3, -0.25) is 0 Å². The summed E-state index contributed by atoms with van der Waals surface area (Å²) >= 11 is 10.7. The number of carbonyl (C=O) groups is 1. The predicted octanol–water partition coefficient (Wildman–Crippen LogP) is 4.40. The lowest BCUT2D eigenvalue weighted by Crippen LogP contribution is -2.07. The summed E-state index contributed by atoms with van der Waals surface area (Å²) in [5.41, 5.74) is 0.461. The first-order valence-electron chi connectivity index (χ1n) is 4.72. The van der Waals surface area contributed by atoms with Crippen LogP contribution in [0.1, 0.15) is 26.2 Å². The van der Waals surface area contributed by atoms with Crippen LogP contribution < -0.4 is 0 Å². The summed E-state index contributed by atoms with van der Waals surface area (Å²) in [6.45, 7) is 5.66. The molecule has 0 amide bonds. The van der Waals surface area contributed by atoms with Gasteiger partial charge in [0, 0.05) is 5.57 Å². The molecule has 0 saturated carbocycles. The normalized spacial score (nSPS) is 11.2. The smallest absolute Gasteiger partial charge is 0.333 e. The van der Waals surface area contributed by atoms with Gasteiger partial charge in [0.15, 0.2) is 0 Å². The molecule has 0 fully saturated rings. The summed E-state index contributed by atoms with van der Waals surface area (Å²) < 4.78 is 3.53. The van der Waals surface area contributed by atoms with Gasteiger partial charge in [0.1, 0.15) is 0 Å². The molecule has 0 aromatic heterocycles. The molecule has 0 radical (unpaired) electrons. The van der Waals surface area contributed by atoms with E-state index >= 15 is 0 Å². The van der Waals surface area contributed by atoms with E-state index < -0.39 is 3.93 Å². The molecule has 15 heavy (non-hydrogen) atoms. The van der Waals surface area contributed by atoms with Crippen molar-refractivity contribution >= 4 is 55.8 Å². The van der Waals surface area contributed by atoms with E-state index in [-0.39, 0.29) is 5.97 Å². The van der Waals surface area contributed by atoms with Gasteiger partial charge in [-0.05, 0) is 19.4 Å². The van der Waals surface area contributed by atoms with Crippen molar-refractivity contribution in [3.05, 3.63) is 12.2 Å². The highest BCUT2D eigenvalue weighted by Crippen LogP contribution is 2.33. The van der Waals surface area contributed by atoms with E-state index in [1.165, 1.54) is 0 Å². The van der Waals surface area contributed by atoms with Gasteiger partial charge in [-0.15, -0.1) is 0 Å². The van der Waals surface area contributed by atoms with Crippen LogP contribution in [0, 0.1) is 0 Å². The Hall–Kier alpha value is 0.867. The van der Waals surface area contributed by atoms with E-state index in [4.69, 9.17) is 4.74 Å². The van der Waals surface area contributed by atoms with Crippen molar-refractivity contribution in [1.29, 1.82) is 0 Å². The first-order chi connectivity index (χ1) is 6.83. The summed E-state index contributed by atoms with van der Waals surface area (Å²) in [6, 6.07) is 1.11. The molecule has 0 unspecified atom stereocenters. The Bertz CT molecular complexity index is 226. The highest BCUT2D eigenvalue weighted by Gasteiger charge is 2.20. The number of halogens is 3. The standard InChI is InChI=1S/C9H15Br3O2Si/c1-8(2)9(13)14-6-4-3-5-7-15(10,11)12/h1,3-7H2,2H3. The Morgan fingerprint density at radius 2 is 1.87 bits per heavy atom. The average Bonchev–Trinajstić information content (AvgIpc) is 2.08. The molecule has 88 valence electrons. The number of carbonyl (C=O) groups excluding carboxylic acids is 1. The van der Waals surface area contributed by atoms with Gasteiger partial charge in [0.25, 0.3) is 3.93 Å². The van der Waals surface area contributed by atoms with Gasteiger partial charge >= 0.3 is 5.97 Å². The number of esters is 1. The van der Waals surface area contributed by atoms with E-state index in [2.05, 4.69) is 52.5 Å². The van der Waals surface area contributed by atoms with Crippen molar-refractivity contribution in [3.8, 4) is 0 Å². The Balaban J connectivity index is 3.33. The second-order valence-electron chi connectivity index (χ2n) is 3.34. The minimum absolute atomic E-state index is 0.291. The van der Waals surface area contributed by atoms with Crippen LogP contribution in [0.5, 0.6) is 0 Å². The van der Waals surface area contributed by atoms with Gasteiger partial charge in [-0.25, -0.2) is 4.79 Å². The highest BCUT2D eigenvalue weighted by atomic mass is 80.0. The van der Waals surface area contributed by atoms with Crippen LogP contribution in [-0.2, 0) is 9.53 Å². The molecule has 0 heterocycles. The Morgan fingerprint density at radius 1 is 1.27 bits per heavy atom. The predicted molar refractivity (Wildman–Crippen MR) is 77.0 cm³/mol. The van der Waals surface area contributed by atoms with Crippen molar-refractivity contribution in [2.75, 3.05) is 6.61 Å². The van der Waals surface area contributed by atoms with Gasteiger partial charge in [0.05, 0.1) is 6.61 Å². The maximum atomic E-state index is 11.0. The van der Waals surface area contributed by atoms with Crippen molar-refractivity contribution in [3.63, 3.8) is 0 Å². The third-order valence-corrected chi connectivity index (χ3v) is 6.18. The molecule has 0 aromatic carbocycles. The molecular formula is C9H15Br3O2Si. The maximum Gasteiger partial charge on any atom is 0.333 e. The molecule has 6 heteroatoms. The maximum absolute atomic E-state index is 11.0. The number of hydrogen-bond acceptors (Lipinski definition) is 2. The number of rotatable bonds is 7. The van der Waals surface area contributed by atoms with Crippen molar-refractivity contribution in [1.82, 2.24) is 0 Å². The molecule has 0 spiro atoms. The molecule has 2 nitrogen and oxygen atoms in total. The Morgan fingerprint density at radius 3 is 2.33 bits per heavy atom. The van der Waals surface area contributed by atoms with Crippen LogP contribution in [0.25, 0.3) is 0 Å². The average molecular weight is 423 g/mol. The summed E-state index contributed by atoms with van der Waals surface area (Å²) in [6.07, 6.45) is 3.11. The number of unbranched alkanes of at least 4 members (excludes halogenated alkanes) is 2. The highest BCUT2D eigenvalue weighted by molar-refractivity contribution is 9.72. The molecular weight excluding hydrogens is 408 g/mol. The molecule has 0 atom stereocenters. The van der Waals surface area contributed by atoms with E-state index in [0.29, 0.717) is 12.2 Å². The van der Waals surface area contributed by atoms with Crippen LogP contribution in [0.4, 0.5) is 0 Å². The van der Waals surface area contributed by atoms with Crippen LogP contribution in [0.15, 0.2) is 12.2 Å². The molecule has 0 bridgehead atoms. The third-order valence-electron chi connectivity index (χ3n) is 1.69. The number of ether oxygens (including phenoxy) is 1. The fraction of sp³-hybridized carbons (Fsp3) is 0.667. The molecule has 0 aliphatic heterocycles. The molecule has 0 N–H and O–H groups in total. The second kappa shape index (κ2) is 8.03. The monoisotopic (exact) mass is 420 g/mol. The minimum Gasteiger partial charge on any atom is -0.462 e. The van der Waals surface area contributed by atoms with Crippen molar-refractivity contribution in [2.45, 2.75) is 32.2 Å². The van der Waals surface area contributed by atoms with Crippen LogP contribution in [0.3, 0.4) is 0 Å². The van der Waals surface area contributed by atoms with Gasteiger partial charge in [0.2, 0.25) is 0 Å². The zero-order chi connectivity index (χ0) is 11.9. The zero-order valence-corrected chi connectivity index (χ0v) is 14.5. The summed E-state index contributed by atoms with van der Waals surface area (Å²) in [7, 11) is 0. The summed E-state index contributed by atoms with van der Waals surface area (Å²) in [5, 5.41) is 0. The van der Waals surface area contributed by atoms with E-state index in [1.807, 2.05) is 0 Å². The second-order valence-corrected chi connectivity index (χ2v) is 26.8. The Labute approximate surface area is 116 Å². The van der Waals surface area contributed by atoms with Crippen LogP contribution in [-0.4, -0.2) is 16.5 Å². The lowest BCUT2D eigenvalue weighted by Gasteiger charge is -2.08. The van der Waals surface area contributed by atoms with Crippen LogP contribution in [0.2, 0.25) is 6.04 Å². The van der Waals surface area contributed by atoms with E-state index in [0.717, 1.165) is 25.3 Å². The van der Waals surface area contributed by atoms with Gasteiger partial charge < -0.3 is 4.74 Å². The fourth-order valence-corrected chi connectivity index (χ4v) is 4.07. The molecule has 0 aliphatic carbocycles. The van der Waals surface area contributed by atoms with Gasteiger partial charge in [-0.1, -0.05) is 65.3 Å². The van der Waals surface area contributed by atoms with Gasteiger partial charge in [-0.2, -0.15) is 0 Å². The lowest BCUT2D eigenvalue weighted by atomic mass is 10.3. The SMILES string of the molecule is C=C(C)C(=O)OCCCCC[Si](Br)(Br)Br. The zero-order valence-electron chi connectivity index (χ0n) is 8.69. The number of hydrogen-bond donors (Lipinski definition) is 0. The third kappa shape index (κ3) is 11.1. The van der Waals surface area contributed by atoms with Crippen molar-refractivity contribution < 1.29 is 9.53 Å². The molecule has 0 aliphatic rings. The van der Waals surface area contributed by atoms with E-state index in [9.17, 15) is 4.79 Å². The summed E-state index contributed by atoms with van der Waals surface area (Å²) in [5.74, 6) is -0.291. The Kier molecular flexibility index (Phi) is 8.50. The topological polar surface area (TPSA) is 26.3 Å². The molecule has 0 aromatic rings. The quantitative estimate of drug-likeness (QED) is 0.200. The van der Waals surface area contributed by atoms with Crippen LogP contribution >= 0.6 is 45.9 Å². The lowest BCUT2D eigenvalue weighted by molar-refractivity contribution is -0.139. The largest absolute Gasteiger partial charge is 0.462 e. The summed E-state index contributed by atoms with van der Waals surface area (Å²) in [4.78, 5) is 11.0. The first-order valence-corrected chi connectivity index (χ1v) is 13.7. The van der Waals surface area contributed by atoms with Crippen molar-refractivity contribution in [2.24, 2.45) is 0 Å². The molecule has 0 rings (SSSR count). The first kappa shape index (κ1) is 15.9. The minimum atomic E-state index is -1.44. The van der Waals surface area contributed by atoms with E-state index in [1.54, 1.807) is 6.92 Å².